The third-order valence-corrected chi connectivity index (χ3v) is 4.25. The zero-order valence-corrected chi connectivity index (χ0v) is 14.1. The lowest BCUT2D eigenvalue weighted by molar-refractivity contribution is -0.385. The fraction of sp³-hybridized carbons (Fsp3) is 0.125. The van der Waals surface area contributed by atoms with Crippen molar-refractivity contribution in [1.29, 1.82) is 0 Å². The molecule has 0 saturated heterocycles. The van der Waals surface area contributed by atoms with Gasteiger partial charge in [-0.1, -0.05) is 35.3 Å². The number of nitro benzene ring substituents is 1. The minimum atomic E-state index is -0.721. The summed E-state index contributed by atoms with van der Waals surface area (Å²) in [5.74, 6) is -1.08. The van der Waals surface area contributed by atoms with Crippen LogP contribution in [-0.2, 0) is 0 Å². The Kier molecular flexibility index (Phi) is 4.61. The first kappa shape index (κ1) is 17.2. The van der Waals surface area contributed by atoms with E-state index >= 15 is 0 Å². The summed E-state index contributed by atoms with van der Waals surface area (Å²) in [4.78, 5) is 36.0. The topological polar surface area (TPSA) is 89.8 Å². The number of nitrogens with zero attached hydrogens (tertiary/aromatic N) is 2. The Balaban J connectivity index is 1.77. The summed E-state index contributed by atoms with van der Waals surface area (Å²) >= 11 is 12.0. The molecule has 0 bridgehead atoms. The molecule has 0 aromatic heterocycles. The number of hydrogen-bond acceptors (Lipinski definition) is 5. The molecule has 0 atom stereocenters. The lowest BCUT2D eigenvalue weighted by Crippen LogP contribution is -2.33. The molecule has 0 radical (unpaired) electrons. The van der Waals surface area contributed by atoms with Crippen LogP contribution in [0.3, 0.4) is 0 Å². The van der Waals surface area contributed by atoms with Crippen molar-refractivity contribution in [3.8, 4) is 5.75 Å². The number of rotatable bonds is 5. The molecule has 1 aliphatic heterocycles. The Morgan fingerprint density at radius 1 is 1.04 bits per heavy atom. The fourth-order valence-corrected chi connectivity index (χ4v) is 3.04. The molecule has 25 heavy (non-hydrogen) atoms. The number of para-hydroxylation sites is 1. The van der Waals surface area contributed by atoms with Crippen molar-refractivity contribution in [2.45, 2.75) is 0 Å². The zero-order valence-electron chi connectivity index (χ0n) is 12.6. The van der Waals surface area contributed by atoms with E-state index in [1.807, 2.05) is 0 Å². The third kappa shape index (κ3) is 3.04. The highest BCUT2D eigenvalue weighted by atomic mass is 35.5. The number of carbonyl (C=O) groups excluding carboxylic acids is 2. The number of benzene rings is 2. The second-order valence-electron chi connectivity index (χ2n) is 5.12. The first-order valence-corrected chi connectivity index (χ1v) is 7.88. The molecule has 0 unspecified atom stereocenters. The molecular weight excluding hydrogens is 371 g/mol. The number of carbonyl (C=O) groups is 2. The second-order valence-corrected chi connectivity index (χ2v) is 5.93. The number of fused-ring (bicyclic) bond motifs is 1. The van der Waals surface area contributed by atoms with E-state index < -0.39 is 22.4 Å². The van der Waals surface area contributed by atoms with Gasteiger partial charge in [-0.15, -0.1) is 0 Å². The van der Waals surface area contributed by atoms with Crippen molar-refractivity contribution in [1.82, 2.24) is 4.90 Å². The normalized spacial score (nSPS) is 13.1. The van der Waals surface area contributed by atoms with E-state index in [1.54, 1.807) is 18.2 Å². The van der Waals surface area contributed by atoms with E-state index in [4.69, 9.17) is 27.9 Å². The first-order valence-electron chi connectivity index (χ1n) is 7.12. The van der Waals surface area contributed by atoms with Crippen molar-refractivity contribution < 1.29 is 19.2 Å². The van der Waals surface area contributed by atoms with Crippen LogP contribution in [0.15, 0.2) is 36.4 Å². The highest BCUT2D eigenvalue weighted by Crippen LogP contribution is 2.33. The molecule has 2 amide bonds. The van der Waals surface area contributed by atoms with Crippen LogP contribution in [0.1, 0.15) is 20.7 Å². The molecule has 1 heterocycles. The van der Waals surface area contributed by atoms with Gasteiger partial charge in [-0.2, -0.15) is 0 Å². The van der Waals surface area contributed by atoms with Crippen LogP contribution in [-0.4, -0.2) is 34.8 Å². The Morgan fingerprint density at radius 2 is 1.68 bits per heavy atom. The van der Waals surface area contributed by atoms with Crippen LogP contribution in [0, 0.1) is 10.1 Å². The minimum Gasteiger partial charge on any atom is -0.489 e. The van der Waals surface area contributed by atoms with Gasteiger partial charge in [0.05, 0.1) is 27.1 Å². The molecular formula is C16H10Cl2N2O5. The Labute approximate surface area is 151 Å². The van der Waals surface area contributed by atoms with E-state index in [0.29, 0.717) is 10.0 Å². The Bertz CT molecular complexity index is 880. The molecule has 2 aromatic rings. The molecule has 0 fully saturated rings. The maximum atomic E-state index is 12.4. The summed E-state index contributed by atoms with van der Waals surface area (Å²) in [6, 6.07) is 8.77. The number of halogens is 2. The van der Waals surface area contributed by atoms with Crippen molar-refractivity contribution in [3.63, 3.8) is 0 Å². The van der Waals surface area contributed by atoms with Gasteiger partial charge >= 0.3 is 0 Å². The van der Waals surface area contributed by atoms with Gasteiger partial charge in [0, 0.05) is 6.07 Å². The van der Waals surface area contributed by atoms with Gasteiger partial charge in [-0.3, -0.25) is 24.6 Å². The zero-order chi connectivity index (χ0) is 18.1. The number of ether oxygens (including phenoxy) is 1. The Morgan fingerprint density at radius 3 is 2.32 bits per heavy atom. The summed E-state index contributed by atoms with van der Waals surface area (Å²) in [5.41, 5.74) is -0.586. The summed E-state index contributed by atoms with van der Waals surface area (Å²) in [5, 5.41) is 11.7. The van der Waals surface area contributed by atoms with Crippen LogP contribution >= 0.6 is 23.2 Å². The average molecular weight is 381 g/mol. The average Bonchev–Trinajstić information content (AvgIpc) is 2.82. The first-order chi connectivity index (χ1) is 11.9. The molecule has 0 aliphatic carbocycles. The molecule has 9 heteroatoms. The van der Waals surface area contributed by atoms with Crippen LogP contribution in [0.2, 0.25) is 10.0 Å². The standard InChI is InChI=1S/C16H10Cl2N2O5/c17-10-4-2-5-11(18)14(10)25-8-7-19-15(21)9-3-1-6-12(20(23)24)13(9)16(19)22/h1-6H,7-8H2. The van der Waals surface area contributed by atoms with E-state index in [-0.39, 0.29) is 30.0 Å². The van der Waals surface area contributed by atoms with E-state index in [2.05, 4.69) is 0 Å². The van der Waals surface area contributed by atoms with Crippen molar-refractivity contribution in [2.75, 3.05) is 13.2 Å². The third-order valence-electron chi connectivity index (χ3n) is 3.65. The molecule has 1 aliphatic rings. The van der Waals surface area contributed by atoms with Gasteiger partial charge in [-0.05, 0) is 18.2 Å². The quantitative estimate of drug-likeness (QED) is 0.449. The smallest absolute Gasteiger partial charge is 0.282 e. The van der Waals surface area contributed by atoms with E-state index in [0.717, 1.165) is 4.90 Å². The molecule has 128 valence electrons. The van der Waals surface area contributed by atoms with Gasteiger partial charge in [-0.25, -0.2) is 0 Å². The highest BCUT2D eigenvalue weighted by molar-refractivity contribution is 6.37. The van der Waals surface area contributed by atoms with Gasteiger partial charge in [0.2, 0.25) is 0 Å². The molecule has 0 spiro atoms. The maximum Gasteiger partial charge on any atom is 0.282 e. The van der Waals surface area contributed by atoms with Crippen LogP contribution in [0.5, 0.6) is 5.75 Å². The largest absolute Gasteiger partial charge is 0.489 e. The molecule has 3 rings (SSSR count). The lowest BCUT2D eigenvalue weighted by atomic mass is 10.1. The van der Waals surface area contributed by atoms with Gasteiger partial charge in [0.15, 0.2) is 5.75 Å². The van der Waals surface area contributed by atoms with Crippen LogP contribution in [0.25, 0.3) is 0 Å². The Hall–Kier alpha value is -2.64. The van der Waals surface area contributed by atoms with Gasteiger partial charge in [0.1, 0.15) is 12.2 Å². The van der Waals surface area contributed by atoms with Crippen molar-refractivity contribution in [2.24, 2.45) is 0 Å². The fourth-order valence-electron chi connectivity index (χ4n) is 2.53. The van der Waals surface area contributed by atoms with Crippen LogP contribution < -0.4 is 4.74 Å². The summed E-state index contributed by atoms with van der Waals surface area (Å²) in [7, 11) is 0. The predicted molar refractivity (Wildman–Crippen MR) is 90.4 cm³/mol. The van der Waals surface area contributed by atoms with Gasteiger partial charge in [0.25, 0.3) is 17.5 Å². The monoisotopic (exact) mass is 380 g/mol. The SMILES string of the molecule is O=C1c2cccc([N+](=O)[O-])c2C(=O)N1CCOc1c(Cl)cccc1Cl. The summed E-state index contributed by atoms with van der Waals surface area (Å²) in [6.07, 6.45) is 0. The van der Waals surface area contributed by atoms with Crippen LogP contribution in [0.4, 0.5) is 5.69 Å². The van der Waals surface area contributed by atoms with Crippen molar-refractivity contribution >= 4 is 40.7 Å². The van der Waals surface area contributed by atoms with Crippen molar-refractivity contribution in [3.05, 3.63) is 67.7 Å². The molecule has 7 nitrogen and oxygen atoms in total. The molecule has 2 aromatic carbocycles. The number of amides is 2. The van der Waals surface area contributed by atoms with E-state index in [9.17, 15) is 19.7 Å². The molecule has 0 saturated carbocycles. The minimum absolute atomic E-state index is 0.00924. The second kappa shape index (κ2) is 6.70. The predicted octanol–water partition coefficient (Wildman–Crippen LogP) is 3.58. The lowest BCUT2D eigenvalue weighted by Gasteiger charge is -2.15. The number of nitro groups is 1. The van der Waals surface area contributed by atoms with E-state index in [1.165, 1.54) is 18.2 Å². The summed E-state index contributed by atoms with van der Waals surface area (Å²) in [6.45, 7) is -0.145. The number of imide groups is 1. The number of hydrogen-bond donors (Lipinski definition) is 0. The maximum absolute atomic E-state index is 12.4. The summed E-state index contributed by atoms with van der Waals surface area (Å²) < 4.78 is 5.46. The van der Waals surface area contributed by atoms with Gasteiger partial charge < -0.3 is 4.74 Å². The highest BCUT2D eigenvalue weighted by Gasteiger charge is 2.40. The molecule has 0 N–H and O–H groups in total.